The number of amides is 1. The molecule has 22 heavy (non-hydrogen) atoms. The number of aromatic nitrogens is 2. The van der Waals surface area contributed by atoms with Crippen molar-refractivity contribution in [2.24, 2.45) is 0 Å². The summed E-state index contributed by atoms with van der Waals surface area (Å²) in [5, 5.41) is 6.08. The maximum Gasteiger partial charge on any atom is 0.274 e. The lowest BCUT2D eigenvalue weighted by Crippen LogP contribution is -2.16. The van der Waals surface area contributed by atoms with Crippen LogP contribution in [0.5, 0.6) is 0 Å². The van der Waals surface area contributed by atoms with Crippen molar-refractivity contribution in [2.45, 2.75) is 33.1 Å². The zero-order valence-corrected chi connectivity index (χ0v) is 13.1. The van der Waals surface area contributed by atoms with E-state index >= 15 is 0 Å². The average molecular weight is 298 g/mol. The lowest BCUT2D eigenvalue weighted by Gasteiger charge is -2.09. The summed E-state index contributed by atoms with van der Waals surface area (Å²) in [6, 6.07) is 11.0. The smallest absolute Gasteiger partial charge is 0.274 e. The molecule has 0 unspecified atom stereocenters. The maximum absolute atomic E-state index is 12.3. The Morgan fingerprint density at radius 1 is 1.14 bits per heavy atom. The molecule has 0 spiro atoms. The zero-order chi connectivity index (χ0) is 15.8. The molecule has 0 aliphatic heterocycles. The van der Waals surface area contributed by atoms with Gasteiger partial charge in [0.2, 0.25) is 0 Å². The van der Waals surface area contributed by atoms with Crippen LogP contribution < -0.4 is 10.6 Å². The lowest BCUT2D eigenvalue weighted by atomic mass is 10.2. The summed E-state index contributed by atoms with van der Waals surface area (Å²) >= 11 is 0. The molecule has 1 aromatic carbocycles. The molecule has 1 aromatic heterocycles. The van der Waals surface area contributed by atoms with Crippen LogP contribution in [0.2, 0.25) is 0 Å². The largest absolute Gasteiger partial charge is 0.370 e. The molecule has 0 aliphatic rings. The number of nitrogens with one attached hydrogen (secondary N) is 2. The number of anilines is 2. The van der Waals surface area contributed by atoms with Gasteiger partial charge in [0.1, 0.15) is 17.3 Å². The van der Waals surface area contributed by atoms with Gasteiger partial charge in [-0.1, -0.05) is 38.0 Å². The Morgan fingerprint density at radius 2 is 1.91 bits per heavy atom. The third kappa shape index (κ3) is 4.84. The Kier molecular flexibility index (Phi) is 5.89. The van der Waals surface area contributed by atoms with Gasteiger partial charge in [-0.2, -0.15) is 0 Å². The highest BCUT2D eigenvalue weighted by molar-refractivity contribution is 6.03. The number of hydrogen-bond donors (Lipinski definition) is 2. The van der Waals surface area contributed by atoms with Crippen molar-refractivity contribution >= 4 is 17.4 Å². The first-order chi connectivity index (χ1) is 10.7. The lowest BCUT2D eigenvalue weighted by molar-refractivity contribution is 0.102. The molecule has 116 valence electrons. The standard InChI is InChI=1S/C17H22N4O/c1-3-4-8-11-18-16-12-15(19-13(2)20-16)17(22)21-14-9-6-5-7-10-14/h5-7,9-10,12H,3-4,8,11H2,1-2H3,(H,21,22)(H,18,19,20). The van der Waals surface area contributed by atoms with E-state index in [0.29, 0.717) is 17.3 Å². The fourth-order valence-electron chi connectivity index (χ4n) is 2.08. The first kappa shape index (κ1) is 15.9. The Bertz CT molecular complexity index is 613. The second-order valence-electron chi connectivity index (χ2n) is 5.14. The molecule has 1 heterocycles. The van der Waals surface area contributed by atoms with Crippen LogP contribution in [-0.2, 0) is 0 Å². The number of carbonyl (C=O) groups is 1. The van der Waals surface area contributed by atoms with Gasteiger partial charge in [-0.3, -0.25) is 4.79 Å². The summed E-state index contributed by atoms with van der Waals surface area (Å²) in [6.07, 6.45) is 3.44. The van der Waals surface area contributed by atoms with Crippen molar-refractivity contribution in [1.29, 1.82) is 0 Å². The molecule has 0 aliphatic carbocycles. The van der Waals surface area contributed by atoms with E-state index in [9.17, 15) is 4.79 Å². The summed E-state index contributed by atoms with van der Waals surface area (Å²) in [6.45, 7) is 4.81. The minimum absolute atomic E-state index is 0.228. The van der Waals surface area contributed by atoms with Crippen molar-refractivity contribution in [1.82, 2.24) is 9.97 Å². The third-order valence-electron chi connectivity index (χ3n) is 3.19. The number of unbranched alkanes of at least 4 members (excludes halogenated alkanes) is 2. The van der Waals surface area contributed by atoms with Gasteiger partial charge >= 0.3 is 0 Å². The Hall–Kier alpha value is -2.43. The molecule has 0 atom stereocenters. The molecule has 5 nitrogen and oxygen atoms in total. The molecule has 0 bridgehead atoms. The summed E-state index contributed by atoms with van der Waals surface area (Å²) in [4.78, 5) is 20.8. The molecule has 2 aromatic rings. The van der Waals surface area contributed by atoms with E-state index in [-0.39, 0.29) is 5.91 Å². The van der Waals surface area contributed by atoms with Crippen LogP contribution >= 0.6 is 0 Å². The van der Waals surface area contributed by atoms with Crippen LogP contribution in [0.25, 0.3) is 0 Å². The van der Waals surface area contributed by atoms with E-state index in [1.165, 1.54) is 12.8 Å². The van der Waals surface area contributed by atoms with Gasteiger partial charge in [-0.05, 0) is 25.5 Å². The molecular formula is C17H22N4O. The fraction of sp³-hybridized carbons (Fsp3) is 0.353. The van der Waals surface area contributed by atoms with Gasteiger partial charge in [0.25, 0.3) is 5.91 Å². The SMILES string of the molecule is CCCCCNc1cc(C(=O)Nc2ccccc2)nc(C)n1. The fourth-order valence-corrected chi connectivity index (χ4v) is 2.08. The van der Waals surface area contributed by atoms with Crippen molar-refractivity contribution < 1.29 is 4.79 Å². The van der Waals surface area contributed by atoms with Gasteiger partial charge in [0.05, 0.1) is 0 Å². The van der Waals surface area contributed by atoms with Crippen LogP contribution in [0, 0.1) is 6.92 Å². The number of nitrogens with zero attached hydrogens (tertiary/aromatic N) is 2. The summed E-state index contributed by atoms with van der Waals surface area (Å²) in [5.74, 6) is 1.05. The van der Waals surface area contributed by atoms with E-state index in [1.54, 1.807) is 13.0 Å². The minimum atomic E-state index is -0.228. The first-order valence-corrected chi connectivity index (χ1v) is 7.65. The highest BCUT2D eigenvalue weighted by Crippen LogP contribution is 2.11. The van der Waals surface area contributed by atoms with Crippen molar-refractivity contribution in [3.05, 3.63) is 47.9 Å². The number of benzene rings is 1. The number of hydrogen-bond acceptors (Lipinski definition) is 4. The summed E-state index contributed by atoms with van der Waals surface area (Å²) in [7, 11) is 0. The molecule has 0 fully saturated rings. The van der Waals surface area contributed by atoms with Gasteiger partial charge in [-0.15, -0.1) is 0 Å². The van der Waals surface area contributed by atoms with E-state index in [0.717, 1.165) is 18.7 Å². The van der Waals surface area contributed by atoms with Crippen molar-refractivity contribution in [3.8, 4) is 0 Å². The van der Waals surface area contributed by atoms with Crippen molar-refractivity contribution in [3.63, 3.8) is 0 Å². The second kappa shape index (κ2) is 8.12. The van der Waals surface area contributed by atoms with Crippen LogP contribution in [-0.4, -0.2) is 22.4 Å². The van der Waals surface area contributed by atoms with Crippen LogP contribution in [0.1, 0.15) is 42.5 Å². The van der Waals surface area contributed by atoms with Crippen LogP contribution in [0.15, 0.2) is 36.4 Å². The van der Waals surface area contributed by atoms with Gasteiger partial charge in [0, 0.05) is 18.3 Å². The van der Waals surface area contributed by atoms with Gasteiger partial charge in [0.15, 0.2) is 0 Å². The number of rotatable bonds is 7. The van der Waals surface area contributed by atoms with E-state index in [4.69, 9.17) is 0 Å². The topological polar surface area (TPSA) is 66.9 Å². The highest BCUT2D eigenvalue weighted by atomic mass is 16.1. The molecule has 0 saturated carbocycles. The zero-order valence-electron chi connectivity index (χ0n) is 13.1. The second-order valence-corrected chi connectivity index (χ2v) is 5.14. The summed E-state index contributed by atoms with van der Waals surface area (Å²) < 4.78 is 0. The molecule has 0 saturated heterocycles. The highest BCUT2D eigenvalue weighted by Gasteiger charge is 2.10. The van der Waals surface area contributed by atoms with Crippen LogP contribution in [0.3, 0.4) is 0 Å². The number of para-hydroxylation sites is 1. The summed E-state index contributed by atoms with van der Waals surface area (Å²) in [5.41, 5.74) is 1.12. The third-order valence-corrected chi connectivity index (χ3v) is 3.19. The number of aryl methyl sites for hydroxylation is 1. The molecule has 2 rings (SSSR count). The molecule has 5 heteroatoms. The Balaban J connectivity index is 2.03. The molecular weight excluding hydrogens is 276 g/mol. The van der Waals surface area contributed by atoms with Gasteiger partial charge in [-0.25, -0.2) is 9.97 Å². The molecule has 1 amide bonds. The average Bonchev–Trinajstić information content (AvgIpc) is 2.52. The Morgan fingerprint density at radius 3 is 2.64 bits per heavy atom. The predicted molar refractivity (Wildman–Crippen MR) is 89.2 cm³/mol. The quantitative estimate of drug-likeness (QED) is 0.766. The predicted octanol–water partition coefficient (Wildman–Crippen LogP) is 3.64. The van der Waals surface area contributed by atoms with Crippen LogP contribution in [0.4, 0.5) is 11.5 Å². The minimum Gasteiger partial charge on any atom is -0.370 e. The number of carbonyl (C=O) groups excluding carboxylic acids is 1. The normalized spacial score (nSPS) is 10.3. The molecule has 2 N–H and O–H groups in total. The van der Waals surface area contributed by atoms with E-state index in [1.807, 2.05) is 30.3 Å². The monoisotopic (exact) mass is 298 g/mol. The van der Waals surface area contributed by atoms with Crippen molar-refractivity contribution in [2.75, 3.05) is 17.2 Å². The maximum atomic E-state index is 12.3. The van der Waals surface area contributed by atoms with E-state index in [2.05, 4.69) is 27.5 Å². The van der Waals surface area contributed by atoms with Gasteiger partial charge < -0.3 is 10.6 Å². The Labute approximate surface area is 131 Å². The first-order valence-electron chi connectivity index (χ1n) is 7.65. The molecule has 0 radical (unpaired) electrons. The van der Waals surface area contributed by atoms with E-state index < -0.39 is 0 Å².